The lowest BCUT2D eigenvalue weighted by Crippen LogP contribution is -2.16. The molecule has 21 heavy (non-hydrogen) atoms. The quantitative estimate of drug-likeness (QED) is 0.731. The van der Waals surface area contributed by atoms with Gasteiger partial charge in [-0.15, -0.1) is 0 Å². The summed E-state index contributed by atoms with van der Waals surface area (Å²) in [5, 5.41) is 0. The average molecular weight is 308 g/mol. The second-order valence-electron chi connectivity index (χ2n) is 4.49. The van der Waals surface area contributed by atoms with Crippen molar-refractivity contribution < 1.29 is 17.2 Å². The van der Waals surface area contributed by atoms with Crippen molar-refractivity contribution in [3.05, 3.63) is 59.9 Å². The van der Waals surface area contributed by atoms with Crippen LogP contribution < -0.4 is 0 Å². The van der Waals surface area contributed by atoms with E-state index in [1.54, 1.807) is 24.3 Å². The van der Waals surface area contributed by atoms with Gasteiger partial charge in [0.1, 0.15) is 22.4 Å². The molecule has 0 aliphatic heterocycles. The van der Waals surface area contributed by atoms with Crippen LogP contribution in [0.2, 0.25) is 0 Å². The summed E-state index contributed by atoms with van der Waals surface area (Å²) in [4.78, 5) is 3.41. The Morgan fingerprint density at radius 1 is 1.10 bits per heavy atom. The summed E-state index contributed by atoms with van der Waals surface area (Å²) in [5.74, 6) is -1.65. The predicted octanol–water partition coefficient (Wildman–Crippen LogP) is 2.86. The fourth-order valence-electron chi connectivity index (χ4n) is 2.20. The van der Waals surface area contributed by atoms with Gasteiger partial charge in [0, 0.05) is 0 Å². The number of aryl methyl sites for hydroxylation is 1. The molecular formula is C14H10F2N2O2S. The topological polar surface area (TPSA) is 52.0 Å². The SMILES string of the molecule is Cc1nc2ccccc2n1S(=O)(=O)c1cc(F)ccc1F. The first kappa shape index (κ1) is 13.7. The minimum Gasteiger partial charge on any atom is -0.232 e. The third kappa shape index (κ3) is 2.09. The zero-order valence-electron chi connectivity index (χ0n) is 10.9. The number of hydrogen-bond donors (Lipinski definition) is 0. The van der Waals surface area contributed by atoms with Crippen molar-refractivity contribution in [3.8, 4) is 0 Å². The van der Waals surface area contributed by atoms with Crippen LogP contribution in [0.1, 0.15) is 5.82 Å². The molecule has 3 aromatic rings. The summed E-state index contributed by atoms with van der Waals surface area (Å²) in [6.45, 7) is 1.49. The van der Waals surface area contributed by atoms with E-state index in [2.05, 4.69) is 4.98 Å². The van der Waals surface area contributed by atoms with E-state index >= 15 is 0 Å². The van der Waals surface area contributed by atoms with Crippen molar-refractivity contribution in [1.82, 2.24) is 8.96 Å². The molecule has 0 atom stereocenters. The van der Waals surface area contributed by atoms with Crippen molar-refractivity contribution in [3.63, 3.8) is 0 Å². The van der Waals surface area contributed by atoms with E-state index in [4.69, 9.17) is 0 Å². The molecule has 108 valence electrons. The number of aromatic nitrogens is 2. The standard InChI is InChI=1S/C14H10F2N2O2S/c1-9-17-12-4-2-3-5-13(12)18(9)21(19,20)14-8-10(15)6-7-11(14)16/h2-8H,1H3. The van der Waals surface area contributed by atoms with Gasteiger partial charge in [0.15, 0.2) is 0 Å². The van der Waals surface area contributed by atoms with Gasteiger partial charge >= 0.3 is 0 Å². The van der Waals surface area contributed by atoms with Crippen molar-refractivity contribution in [2.75, 3.05) is 0 Å². The third-order valence-corrected chi connectivity index (χ3v) is 4.90. The van der Waals surface area contributed by atoms with Crippen LogP contribution in [-0.4, -0.2) is 17.4 Å². The van der Waals surface area contributed by atoms with Crippen LogP contribution in [0.3, 0.4) is 0 Å². The molecule has 0 fully saturated rings. The van der Waals surface area contributed by atoms with Crippen molar-refractivity contribution in [1.29, 1.82) is 0 Å². The van der Waals surface area contributed by atoms with Gasteiger partial charge in [-0.3, -0.25) is 0 Å². The number of imidazole rings is 1. The molecule has 2 aromatic carbocycles. The number of rotatable bonds is 2. The van der Waals surface area contributed by atoms with Gasteiger partial charge in [0.2, 0.25) is 0 Å². The molecule has 7 heteroatoms. The van der Waals surface area contributed by atoms with E-state index in [0.29, 0.717) is 17.1 Å². The molecule has 1 aromatic heterocycles. The highest BCUT2D eigenvalue weighted by molar-refractivity contribution is 7.90. The maximum Gasteiger partial charge on any atom is 0.272 e. The molecule has 0 saturated carbocycles. The zero-order valence-corrected chi connectivity index (χ0v) is 11.7. The summed E-state index contributed by atoms with van der Waals surface area (Å²) in [6, 6.07) is 8.90. The van der Waals surface area contributed by atoms with Crippen molar-refractivity contribution in [2.45, 2.75) is 11.8 Å². The first-order chi connectivity index (χ1) is 9.91. The largest absolute Gasteiger partial charge is 0.272 e. The molecule has 0 spiro atoms. The lowest BCUT2D eigenvalue weighted by molar-refractivity contribution is 0.548. The van der Waals surface area contributed by atoms with E-state index in [0.717, 1.165) is 16.1 Å². The summed E-state index contributed by atoms with van der Waals surface area (Å²) >= 11 is 0. The molecular weight excluding hydrogens is 298 g/mol. The van der Waals surface area contributed by atoms with E-state index < -0.39 is 26.6 Å². The van der Waals surface area contributed by atoms with Gasteiger partial charge in [0.25, 0.3) is 10.0 Å². The number of nitrogens with zero attached hydrogens (tertiary/aromatic N) is 2. The average Bonchev–Trinajstić information content (AvgIpc) is 2.77. The van der Waals surface area contributed by atoms with Crippen LogP contribution in [0.25, 0.3) is 11.0 Å². The normalized spacial score (nSPS) is 12.0. The molecule has 0 amide bonds. The Balaban J connectivity index is 2.35. The molecule has 4 nitrogen and oxygen atoms in total. The monoisotopic (exact) mass is 308 g/mol. The Labute approximate surface area is 119 Å². The molecule has 0 radical (unpaired) electrons. The number of benzene rings is 2. The Morgan fingerprint density at radius 2 is 1.81 bits per heavy atom. The summed E-state index contributed by atoms with van der Waals surface area (Å²) < 4.78 is 53.2. The van der Waals surface area contributed by atoms with Gasteiger partial charge in [-0.1, -0.05) is 12.1 Å². The molecule has 3 rings (SSSR count). The van der Waals surface area contributed by atoms with Crippen molar-refractivity contribution >= 4 is 21.1 Å². The van der Waals surface area contributed by atoms with E-state index in [-0.39, 0.29) is 5.82 Å². The van der Waals surface area contributed by atoms with Crippen LogP contribution in [-0.2, 0) is 10.0 Å². The molecule has 0 aliphatic rings. The number of halogens is 2. The molecule has 0 bridgehead atoms. The fourth-order valence-corrected chi connectivity index (χ4v) is 3.78. The highest BCUT2D eigenvalue weighted by Crippen LogP contribution is 2.25. The minimum atomic E-state index is -4.27. The first-order valence-corrected chi connectivity index (χ1v) is 7.50. The van der Waals surface area contributed by atoms with Gasteiger partial charge in [-0.05, 0) is 37.3 Å². The van der Waals surface area contributed by atoms with Crippen LogP contribution in [0.15, 0.2) is 47.4 Å². The zero-order chi connectivity index (χ0) is 15.2. The van der Waals surface area contributed by atoms with Gasteiger partial charge in [-0.25, -0.2) is 26.2 Å². The predicted molar refractivity (Wildman–Crippen MR) is 73.4 cm³/mol. The molecule has 0 saturated heterocycles. The van der Waals surface area contributed by atoms with Crippen LogP contribution >= 0.6 is 0 Å². The summed E-state index contributed by atoms with van der Waals surface area (Å²) in [5.41, 5.74) is 0.786. The number of fused-ring (bicyclic) bond motifs is 1. The maximum atomic E-state index is 13.8. The fraction of sp³-hybridized carbons (Fsp3) is 0.0714. The van der Waals surface area contributed by atoms with Crippen LogP contribution in [0, 0.1) is 18.6 Å². The van der Waals surface area contributed by atoms with Gasteiger partial charge in [-0.2, -0.15) is 0 Å². The van der Waals surface area contributed by atoms with E-state index in [1.807, 2.05) is 0 Å². The second kappa shape index (κ2) is 4.63. The van der Waals surface area contributed by atoms with Crippen LogP contribution in [0.5, 0.6) is 0 Å². The highest BCUT2D eigenvalue weighted by atomic mass is 32.2. The Kier molecular flexibility index (Phi) is 3.02. The van der Waals surface area contributed by atoms with E-state index in [9.17, 15) is 17.2 Å². The molecule has 0 unspecified atom stereocenters. The lowest BCUT2D eigenvalue weighted by Gasteiger charge is -2.09. The Hall–Kier alpha value is -2.28. The first-order valence-electron chi connectivity index (χ1n) is 6.06. The maximum absolute atomic E-state index is 13.8. The summed E-state index contributed by atoms with van der Waals surface area (Å²) in [7, 11) is -4.27. The van der Waals surface area contributed by atoms with Gasteiger partial charge < -0.3 is 0 Å². The minimum absolute atomic E-state index is 0.180. The third-order valence-electron chi connectivity index (χ3n) is 3.09. The molecule has 0 aliphatic carbocycles. The summed E-state index contributed by atoms with van der Waals surface area (Å²) in [6.07, 6.45) is 0. The lowest BCUT2D eigenvalue weighted by atomic mass is 10.3. The number of para-hydroxylation sites is 2. The van der Waals surface area contributed by atoms with E-state index in [1.165, 1.54) is 6.92 Å². The second-order valence-corrected chi connectivity index (χ2v) is 6.25. The van der Waals surface area contributed by atoms with Gasteiger partial charge in [0.05, 0.1) is 11.0 Å². The van der Waals surface area contributed by atoms with Crippen LogP contribution in [0.4, 0.5) is 8.78 Å². The Morgan fingerprint density at radius 3 is 2.57 bits per heavy atom. The molecule has 0 N–H and O–H groups in total. The molecule has 1 heterocycles. The van der Waals surface area contributed by atoms with Crippen molar-refractivity contribution in [2.24, 2.45) is 0 Å². The number of hydrogen-bond acceptors (Lipinski definition) is 3. The highest BCUT2D eigenvalue weighted by Gasteiger charge is 2.26. The Bertz CT molecular complexity index is 949. The smallest absolute Gasteiger partial charge is 0.232 e.